The molecule has 2 heterocycles. The van der Waals surface area contributed by atoms with Gasteiger partial charge in [0.1, 0.15) is 0 Å². The van der Waals surface area contributed by atoms with E-state index in [2.05, 4.69) is 65.1 Å². The average Bonchev–Trinajstić information content (AvgIpc) is 2.88. The lowest BCUT2D eigenvalue weighted by Crippen LogP contribution is -2.45. The van der Waals surface area contributed by atoms with Crippen LogP contribution < -0.4 is 4.90 Å². The number of carbonyl (C=O) groups is 3. The predicted octanol–water partition coefficient (Wildman–Crippen LogP) is 4.62. The van der Waals surface area contributed by atoms with Crippen LogP contribution in [0, 0.1) is 0 Å². The quantitative estimate of drug-likeness (QED) is 0.359. The number of para-hydroxylation sites is 1. The standard InChI is InChI=1S/C24H31N3OS.C4H4O4/c1-3-7-22(28)19-10-11-24-21(18-19)27(20-8-4-5-9-23(20)29-24)13-6-12-26-16-14-25(2)15-17-26;5-3(6)1-2-4(7)8/h4-5,8-11,18H,3,6-7,12-17H2,1-2H3;1-2H,(H,5,6)(H,7,8). The van der Waals surface area contributed by atoms with Crippen molar-refractivity contribution in [3.8, 4) is 0 Å². The van der Waals surface area contributed by atoms with Crippen LogP contribution in [-0.2, 0) is 9.59 Å². The first-order valence-corrected chi connectivity index (χ1v) is 13.4. The van der Waals surface area contributed by atoms with Gasteiger partial charge in [0.05, 0.1) is 11.4 Å². The molecule has 2 aromatic rings. The second-order valence-electron chi connectivity index (χ2n) is 9.09. The highest BCUT2D eigenvalue weighted by atomic mass is 32.2. The molecule has 198 valence electrons. The Morgan fingerprint density at radius 1 is 0.892 bits per heavy atom. The van der Waals surface area contributed by atoms with Gasteiger partial charge in [-0.1, -0.05) is 36.9 Å². The summed E-state index contributed by atoms with van der Waals surface area (Å²) in [5.41, 5.74) is 3.30. The number of likely N-dealkylation sites (N-methyl/N-ethyl adjacent to an activating group) is 1. The Morgan fingerprint density at radius 3 is 2.19 bits per heavy atom. The zero-order chi connectivity index (χ0) is 26.8. The summed E-state index contributed by atoms with van der Waals surface area (Å²) in [6.45, 7) is 8.81. The van der Waals surface area contributed by atoms with Crippen LogP contribution in [0.1, 0.15) is 36.5 Å². The van der Waals surface area contributed by atoms with Crippen molar-refractivity contribution in [1.82, 2.24) is 9.80 Å². The number of nitrogens with zero attached hydrogens (tertiary/aromatic N) is 3. The Bertz CT molecular complexity index is 1110. The van der Waals surface area contributed by atoms with E-state index in [1.165, 1.54) is 21.2 Å². The lowest BCUT2D eigenvalue weighted by molar-refractivity contribution is -0.134. The molecule has 8 nitrogen and oxygen atoms in total. The van der Waals surface area contributed by atoms with Crippen molar-refractivity contribution in [3.63, 3.8) is 0 Å². The second kappa shape index (κ2) is 14.0. The number of carbonyl (C=O) groups excluding carboxylic acids is 1. The van der Waals surface area contributed by atoms with Crippen LogP contribution in [0.4, 0.5) is 11.4 Å². The molecule has 0 aliphatic carbocycles. The van der Waals surface area contributed by atoms with Crippen LogP contribution in [0.25, 0.3) is 0 Å². The van der Waals surface area contributed by atoms with Crippen LogP contribution in [0.2, 0.25) is 0 Å². The summed E-state index contributed by atoms with van der Waals surface area (Å²) in [5, 5.41) is 15.6. The first-order chi connectivity index (χ1) is 17.8. The molecule has 0 spiro atoms. The third kappa shape index (κ3) is 8.45. The molecule has 2 N–H and O–H groups in total. The first-order valence-electron chi connectivity index (χ1n) is 12.5. The molecule has 2 aliphatic heterocycles. The Balaban J connectivity index is 0.000000414. The summed E-state index contributed by atoms with van der Waals surface area (Å²) in [5.74, 6) is -2.27. The summed E-state index contributed by atoms with van der Waals surface area (Å²) in [6.07, 6.45) is 3.74. The fourth-order valence-electron chi connectivity index (χ4n) is 4.28. The molecule has 0 unspecified atom stereocenters. The number of benzene rings is 2. The maximum atomic E-state index is 12.5. The topological polar surface area (TPSA) is 101 Å². The molecule has 0 aromatic heterocycles. The summed E-state index contributed by atoms with van der Waals surface area (Å²) in [6, 6.07) is 14.9. The zero-order valence-corrected chi connectivity index (χ0v) is 22.2. The number of anilines is 2. The van der Waals surface area contributed by atoms with Gasteiger partial charge in [0, 0.05) is 66.7 Å². The highest BCUT2D eigenvalue weighted by Gasteiger charge is 2.24. The van der Waals surface area contributed by atoms with Gasteiger partial charge in [0.25, 0.3) is 0 Å². The molecule has 37 heavy (non-hydrogen) atoms. The highest BCUT2D eigenvalue weighted by molar-refractivity contribution is 7.99. The minimum atomic E-state index is -1.26. The maximum Gasteiger partial charge on any atom is 0.328 e. The van der Waals surface area contributed by atoms with Gasteiger partial charge < -0.3 is 24.9 Å². The van der Waals surface area contributed by atoms with E-state index in [9.17, 15) is 14.4 Å². The largest absolute Gasteiger partial charge is 0.478 e. The minimum absolute atomic E-state index is 0.247. The van der Waals surface area contributed by atoms with Gasteiger partial charge in [-0.3, -0.25) is 4.79 Å². The van der Waals surface area contributed by atoms with Crippen LogP contribution in [0.3, 0.4) is 0 Å². The van der Waals surface area contributed by atoms with Crippen molar-refractivity contribution in [2.75, 3.05) is 51.2 Å². The fourth-order valence-corrected chi connectivity index (χ4v) is 5.36. The first kappa shape index (κ1) is 28.4. The lowest BCUT2D eigenvalue weighted by atomic mass is 10.1. The van der Waals surface area contributed by atoms with Crippen molar-refractivity contribution in [1.29, 1.82) is 0 Å². The number of rotatable bonds is 9. The Labute approximate surface area is 222 Å². The van der Waals surface area contributed by atoms with Crippen molar-refractivity contribution in [3.05, 3.63) is 60.2 Å². The number of carboxylic acids is 2. The van der Waals surface area contributed by atoms with Crippen LogP contribution in [0.15, 0.2) is 64.4 Å². The fraction of sp³-hybridized carbons (Fsp3) is 0.393. The van der Waals surface area contributed by atoms with Gasteiger partial charge in [0.2, 0.25) is 0 Å². The molecule has 0 amide bonds. The molecule has 2 aromatic carbocycles. The molecule has 0 atom stereocenters. The number of hydrogen-bond donors (Lipinski definition) is 2. The molecule has 4 rings (SSSR count). The SMILES string of the molecule is CCCC(=O)c1ccc2c(c1)N(CCCN1CCN(C)CC1)c1ccccc1S2.O=C(O)C=CC(=O)O. The Morgan fingerprint density at radius 2 is 1.54 bits per heavy atom. The number of aliphatic carboxylic acids is 2. The van der Waals surface area contributed by atoms with E-state index in [-0.39, 0.29) is 5.78 Å². The average molecular weight is 526 g/mol. The van der Waals surface area contributed by atoms with E-state index in [4.69, 9.17) is 10.2 Å². The molecular weight excluding hydrogens is 490 g/mol. The van der Waals surface area contributed by atoms with Crippen molar-refractivity contribution >= 4 is 40.9 Å². The van der Waals surface area contributed by atoms with Gasteiger partial charge in [-0.25, -0.2) is 9.59 Å². The number of fused-ring (bicyclic) bond motifs is 2. The van der Waals surface area contributed by atoms with E-state index in [0.717, 1.165) is 57.7 Å². The number of piperazine rings is 1. The highest BCUT2D eigenvalue weighted by Crippen LogP contribution is 2.48. The maximum absolute atomic E-state index is 12.5. The molecular formula is C28H35N3O5S. The molecule has 2 aliphatic rings. The summed E-state index contributed by atoms with van der Waals surface area (Å²) in [7, 11) is 2.20. The second-order valence-corrected chi connectivity index (χ2v) is 10.2. The van der Waals surface area contributed by atoms with Crippen LogP contribution in [0.5, 0.6) is 0 Å². The number of ketones is 1. The molecule has 1 fully saturated rings. The van der Waals surface area contributed by atoms with E-state index < -0.39 is 11.9 Å². The summed E-state index contributed by atoms with van der Waals surface area (Å²) >= 11 is 1.81. The number of Topliss-reactive ketones (excluding diaryl/α,β-unsaturated/α-hetero) is 1. The van der Waals surface area contributed by atoms with Gasteiger partial charge >= 0.3 is 11.9 Å². The van der Waals surface area contributed by atoms with E-state index in [0.29, 0.717) is 18.6 Å². The van der Waals surface area contributed by atoms with Gasteiger partial charge in [0.15, 0.2) is 5.78 Å². The summed E-state index contributed by atoms with van der Waals surface area (Å²) in [4.78, 5) is 41.6. The van der Waals surface area contributed by atoms with Crippen LogP contribution in [-0.4, -0.2) is 84.1 Å². The van der Waals surface area contributed by atoms with Crippen molar-refractivity contribution in [2.45, 2.75) is 36.0 Å². The van der Waals surface area contributed by atoms with Gasteiger partial charge in [-0.15, -0.1) is 0 Å². The Hall–Kier alpha value is -3.14. The van der Waals surface area contributed by atoms with Crippen molar-refractivity contribution < 1.29 is 24.6 Å². The lowest BCUT2D eigenvalue weighted by Gasteiger charge is -2.35. The zero-order valence-electron chi connectivity index (χ0n) is 21.4. The molecule has 0 bridgehead atoms. The van der Waals surface area contributed by atoms with Gasteiger partial charge in [-0.2, -0.15) is 0 Å². The Kier molecular flexibility index (Phi) is 10.7. The summed E-state index contributed by atoms with van der Waals surface area (Å²) < 4.78 is 0. The predicted molar refractivity (Wildman–Crippen MR) is 146 cm³/mol. The molecule has 0 radical (unpaired) electrons. The molecule has 1 saturated heterocycles. The van der Waals surface area contributed by atoms with Crippen LogP contribution >= 0.6 is 11.8 Å². The third-order valence-corrected chi connectivity index (χ3v) is 7.38. The third-order valence-electron chi connectivity index (χ3n) is 6.25. The van der Waals surface area contributed by atoms with E-state index in [1.54, 1.807) is 0 Å². The minimum Gasteiger partial charge on any atom is -0.478 e. The van der Waals surface area contributed by atoms with Crippen molar-refractivity contribution in [2.24, 2.45) is 0 Å². The number of carboxylic acid groups (broad SMARTS) is 2. The normalized spacial score (nSPS) is 15.5. The molecule has 9 heteroatoms. The van der Waals surface area contributed by atoms with E-state index >= 15 is 0 Å². The monoisotopic (exact) mass is 525 g/mol. The van der Waals surface area contributed by atoms with E-state index in [1.807, 2.05) is 17.8 Å². The smallest absolute Gasteiger partial charge is 0.328 e. The number of hydrogen-bond acceptors (Lipinski definition) is 7. The molecule has 0 saturated carbocycles. The van der Waals surface area contributed by atoms with Gasteiger partial charge in [-0.05, 0) is 50.7 Å².